The minimum Gasteiger partial charge on any atom is -0.490 e. The van der Waals surface area contributed by atoms with Gasteiger partial charge in [0.1, 0.15) is 6.61 Å². The number of ether oxygens (including phenoxy) is 3. The van der Waals surface area contributed by atoms with Crippen molar-refractivity contribution in [1.82, 2.24) is 5.32 Å². The van der Waals surface area contributed by atoms with Gasteiger partial charge in [-0.15, -0.1) is 0 Å². The maximum atomic E-state index is 8.95. The third-order valence-corrected chi connectivity index (χ3v) is 2.79. The van der Waals surface area contributed by atoms with Crippen LogP contribution in [-0.2, 0) is 4.74 Å². The Kier molecular flexibility index (Phi) is 8.78. The van der Waals surface area contributed by atoms with Crippen LogP contribution in [0.25, 0.3) is 0 Å². The van der Waals surface area contributed by atoms with Gasteiger partial charge in [-0.2, -0.15) is 0 Å². The number of para-hydroxylation sites is 2. The highest BCUT2D eigenvalue weighted by molar-refractivity contribution is 5.39. The molecule has 114 valence electrons. The van der Waals surface area contributed by atoms with Crippen molar-refractivity contribution >= 4 is 0 Å². The van der Waals surface area contributed by atoms with Crippen molar-refractivity contribution in [2.75, 3.05) is 40.1 Å². The molecule has 1 aromatic carbocycles. The topological polar surface area (TPSA) is 60.0 Å². The molecule has 0 spiro atoms. The zero-order valence-corrected chi connectivity index (χ0v) is 12.3. The normalized spacial score (nSPS) is 12.2. The average Bonchev–Trinajstić information content (AvgIpc) is 2.46. The Bertz CT molecular complexity index is 353. The standard InChI is InChI=1S/C15H25NO4/c1-3-19-14-6-4-5-7-15(14)20-11-9-16-13(8-10-17)12-18-2/h4-7,13,16-17H,3,8-12H2,1-2H3. The number of rotatable bonds is 11. The lowest BCUT2D eigenvalue weighted by atomic mass is 10.2. The lowest BCUT2D eigenvalue weighted by Crippen LogP contribution is -2.36. The Morgan fingerprint density at radius 1 is 1.20 bits per heavy atom. The second-order valence-corrected chi connectivity index (χ2v) is 4.35. The van der Waals surface area contributed by atoms with Crippen LogP contribution in [0.15, 0.2) is 24.3 Å². The first-order chi connectivity index (χ1) is 9.81. The fourth-order valence-electron chi connectivity index (χ4n) is 1.87. The van der Waals surface area contributed by atoms with E-state index in [2.05, 4.69) is 5.32 Å². The third-order valence-electron chi connectivity index (χ3n) is 2.79. The quantitative estimate of drug-likeness (QED) is 0.602. The van der Waals surface area contributed by atoms with Gasteiger partial charge in [0.2, 0.25) is 0 Å². The molecule has 2 N–H and O–H groups in total. The SMILES string of the molecule is CCOc1ccccc1OCCNC(CCO)COC. The smallest absolute Gasteiger partial charge is 0.161 e. The van der Waals surface area contributed by atoms with Crippen LogP contribution in [0.2, 0.25) is 0 Å². The molecule has 5 nitrogen and oxygen atoms in total. The molecule has 5 heteroatoms. The molecule has 1 atom stereocenters. The van der Waals surface area contributed by atoms with E-state index in [-0.39, 0.29) is 12.6 Å². The van der Waals surface area contributed by atoms with E-state index in [0.29, 0.717) is 32.8 Å². The summed E-state index contributed by atoms with van der Waals surface area (Å²) in [6, 6.07) is 7.78. The van der Waals surface area contributed by atoms with Crippen molar-refractivity contribution in [2.45, 2.75) is 19.4 Å². The Morgan fingerprint density at radius 2 is 1.90 bits per heavy atom. The van der Waals surface area contributed by atoms with Crippen molar-refractivity contribution in [3.8, 4) is 11.5 Å². The first-order valence-corrected chi connectivity index (χ1v) is 6.99. The summed E-state index contributed by atoms with van der Waals surface area (Å²) in [6.45, 7) is 4.52. The molecule has 1 unspecified atom stereocenters. The van der Waals surface area contributed by atoms with Crippen molar-refractivity contribution in [3.63, 3.8) is 0 Å². The van der Waals surface area contributed by atoms with Crippen LogP contribution in [-0.4, -0.2) is 51.2 Å². The van der Waals surface area contributed by atoms with Gasteiger partial charge >= 0.3 is 0 Å². The van der Waals surface area contributed by atoms with Gasteiger partial charge in [-0.3, -0.25) is 0 Å². The molecule has 0 radical (unpaired) electrons. The van der Waals surface area contributed by atoms with Gasteiger partial charge in [0.25, 0.3) is 0 Å². The summed E-state index contributed by atoms with van der Waals surface area (Å²) in [4.78, 5) is 0. The van der Waals surface area contributed by atoms with Crippen LogP contribution in [0, 0.1) is 0 Å². The summed E-state index contributed by atoms with van der Waals surface area (Å²) in [5.74, 6) is 1.51. The number of nitrogens with one attached hydrogen (secondary N) is 1. The van der Waals surface area contributed by atoms with Crippen LogP contribution < -0.4 is 14.8 Å². The summed E-state index contributed by atoms with van der Waals surface area (Å²) in [6.07, 6.45) is 0.670. The third kappa shape index (κ3) is 6.23. The zero-order valence-electron chi connectivity index (χ0n) is 12.3. The lowest BCUT2D eigenvalue weighted by molar-refractivity contribution is 0.145. The predicted molar refractivity (Wildman–Crippen MR) is 78.5 cm³/mol. The number of benzene rings is 1. The summed E-state index contributed by atoms with van der Waals surface area (Å²) in [5.41, 5.74) is 0. The maximum absolute atomic E-state index is 8.95. The molecule has 1 rings (SSSR count). The van der Waals surface area contributed by atoms with E-state index in [1.54, 1.807) is 7.11 Å². The van der Waals surface area contributed by atoms with Crippen LogP contribution in [0.4, 0.5) is 0 Å². The summed E-state index contributed by atoms with van der Waals surface area (Å²) < 4.78 is 16.3. The van der Waals surface area contributed by atoms with Crippen molar-refractivity contribution in [2.24, 2.45) is 0 Å². The van der Waals surface area contributed by atoms with Crippen molar-refractivity contribution < 1.29 is 19.3 Å². The lowest BCUT2D eigenvalue weighted by Gasteiger charge is -2.17. The van der Waals surface area contributed by atoms with Gasteiger partial charge in [-0.1, -0.05) is 12.1 Å². The molecule has 0 aliphatic heterocycles. The van der Waals surface area contributed by atoms with Gasteiger partial charge in [0, 0.05) is 26.3 Å². The van der Waals surface area contributed by atoms with E-state index in [1.165, 1.54) is 0 Å². The minimum atomic E-state index is 0.148. The minimum absolute atomic E-state index is 0.148. The Balaban J connectivity index is 2.32. The molecule has 0 saturated carbocycles. The number of hydrogen-bond donors (Lipinski definition) is 2. The van der Waals surface area contributed by atoms with E-state index in [4.69, 9.17) is 19.3 Å². The monoisotopic (exact) mass is 283 g/mol. The second kappa shape index (κ2) is 10.5. The van der Waals surface area contributed by atoms with E-state index in [0.717, 1.165) is 11.5 Å². The zero-order chi connectivity index (χ0) is 14.6. The van der Waals surface area contributed by atoms with E-state index >= 15 is 0 Å². The molecular weight excluding hydrogens is 258 g/mol. The fourth-order valence-corrected chi connectivity index (χ4v) is 1.87. The summed E-state index contributed by atoms with van der Waals surface area (Å²) in [7, 11) is 1.65. The maximum Gasteiger partial charge on any atom is 0.161 e. The molecule has 0 heterocycles. The highest BCUT2D eigenvalue weighted by Gasteiger charge is 2.07. The molecule has 0 amide bonds. The van der Waals surface area contributed by atoms with E-state index in [9.17, 15) is 0 Å². The predicted octanol–water partition coefficient (Wildman–Crippen LogP) is 1.45. The molecule has 0 aromatic heterocycles. The number of aliphatic hydroxyl groups excluding tert-OH is 1. The van der Waals surface area contributed by atoms with Crippen molar-refractivity contribution in [3.05, 3.63) is 24.3 Å². The molecule has 0 fully saturated rings. The molecule has 0 aliphatic rings. The molecule has 1 aromatic rings. The van der Waals surface area contributed by atoms with Crippen LogP contribution >= 0.6 is 0 Å². The van der Waals surface area contributed by atoms with Gasteiger partial charge in [0.05, 0.1) is 13.2 Å². The highest BCUT2D eigenvalue weighted by Crippen LogP contribution is 2.25. The molecular formula is C15H25NO4. The molecule has 20 heavy (non-hydrogen) atoms. The molecule has 0 aliphatic carbocycles. The van der Waals surface area contributed by atoms with Gasteiger partial charge in [-0.25, -0.2) is 0 Å². The largest absolute Gasteiger partial charge is 0.490 e. The second-order valence-electron chi connectivity index (χ2n) is 4.35. The van der Waals surface area contributed by atoms with Crippen LogP contribution in [0.5, 0.6) is 11.5 Å². The van der Waals surface area contributed by atoms with Gasteiger partial charge < -0.3 is 24.6 Å². The van der Waals surface area contributed by atoms with Gasteiger partial charge in [-0.05, 0) is 25.5 Å². The molecule has 0 saturated heterocycles. The molecule has 0 bridgehead atoms. The van der Waals surface area contributed by atoms with E-state index < -0.39 is 0 Å². The van der Waals surface area contributed by atoms with Crippen molar-refractivity contribution in [1.29, 1.82) is 0 Å². The fraction of sp³-hybridized carbons (Fsp3) is 0.600. The highest BCUT2D eigenvalue weighted by atomic mass is 16.5. The Hall–Kier alpha value is -1.30. The van der Waals surface area contributed by atoms with Crippen LogP contribution in [0.1, 0.15) is 13.3 Å². The Labute approximate surface area is 120 Å². The number of methoxy groups -OCH3 is 1. The summed E-state index contributed by atoms with van der Waals surface area (Å²) in [5, 5.41) is 12.2. The number of hydrogen-bond acceptors (Lipinski definition) is 5. The summed E-state index contributed by atoms with van der Waals surface area (Å²) >= 11 is 0. The average molecular weight is 283 g/mol. The first kappa shape index (κ1) is 16.8. The van der Waals surface area contributed by atoms with Gasteiger partial charge in [0.15, 0.2) is 11.5 Å². The van der Waals surface area contributed by atoms with E-state index in [1.807, 2.05) is 31.2 Å². The van der Waals surface area contributed by atoms with Crippen LogP contribution in [0.3, 0.4) is 0 Å². The number of aliphatic hydroxyl groups is 1. The Morgan fingerprint density at radius 3 is 2.50 bits per heavy atom. The first-order valence-electron chi connectivity index (χ1n) is 6.99.